The van der Waals surface area contributed by atoms with E-state index < -0.39 is 18.0 Å². The van der Waals surface area contributed by atoms with Crippen LogP contribution < -0.4 is 15.8 Å². The number of imide groups is 1. The number of para-hydroxylation sites is 1. The second-order valence-electron chi connectivity index (χ2n) is 3.41. The van der Waals surface area contributed by atoms with Gasteiger partial charge in [0.25, 0.3) is 5.91 Å². The van der Waals surface area contributed by atoms with E-state index in [-0.39, 0.29) is 6.61 Å². The number of ether oxygens (including phenoxy) is 1. The van der Waals surface area contributed by atoms with Crippen molar-refractivity contribution in [2.75, 3.05) is 6.61 Å². The van der Waals surface area contributed by atoms with Crippen LogP contribution in [0.5, 0.6) is 5.75 Å². The number of aliphatic hydroxyl groups is 1. The van der Waals surface area contributed by atoms with E-state index in [4.69, 9.17) is 10.5 Å². The Balaban J connectivity index is 2.63. The van der Waals surface area contributed by atoms with Crippen molar-refractivity contribution in [3.63, 3.8) is 0 Å². The Bertz CT molecular complexity index is 418. The minimum absolute atomic E-state index is 0.341. The molecule has 0 saturated heterocycles. The predicted molar refractivity (Wildman–Crippen MR) is 60.3 cm³/mol. The van der Waals surface area contributed by atoms with Gasteiger partial charge in [-0.05, 0) is 13.0 Å². The molecule has 0 unspecified atom stereocenters. The standard InChI is InChI=1S/C11H14N2O4/c1-7(14)8-4-2-3-5-9(8)17-6-10(15)13-11(12)16/h2-5,7,14H,6H2,1H3,(H3,12,13,15,16)/t7-/m1/s1. The van der Waals surface area contributed by atoms with E-state index in [2.05, 4.69) is 0 Å². The minimum atomic E-state index is -0.928. The van der Waals surface area contributed by atoms with Gasteiger partial charge in [0.2, 0.25) is 0 Å². The molecule has 0 aromatic heterocycles. The van der Waals surface area contributed by atoms with Crippen LogP contribution >= 0.6 is 0 Å². The molecule has 1 aromatic rings. The number of hydrogen-bond acceptors (Lipinski definition) is 4. The molecule has 0 aliphatic heterocycles. The Morgan fingerprint density at radius 1 is 1.47 bits per heavy atom. The minimum Gasteiger partial charge on any atom is -0.483 e. The number of amides is 3. The highest BCUT2D eigenvalue weighted by molar-refractivity contribution is 5.94. The largest absolute Gasteiger partial charge is 0.483 e. The molecule has 92 valence electrons. The summed E-state index contributed by atoms with van der Waals surface area (Å²) in [6.07, 6.45) is -0.703. The lowest BCUT2D eigenvalue weighted by Gasteiger charge is -2.12. The highest BCUT2D eigenvalue weighted by Gasteiger charge is 2.10. The molecule has 6 nitrogen and oxygen atoms in total. The molecule has 0 saturated carbocycles. The van der Waals surface area contributed by atoms with Crippen LogP contribution in [-0.2, 0) is 4.79 Å². The van der Waals surface area contributed by atoms with Crippen LogP contribution in [0.15, 0.2) is 24.3 Å². The average Bonchev–Trinajstić information content (AvgIpc) is 2.25. The van der Waals surface area contributed by atoms with Gasteiger partial charge in [0.1, 0.15) is 5.75 Å². The van der Waals surface area contributed by atoms with Crippen molar-refractivity contribution >= 4 is 11.9 Å². The smallest absolute Gasteiger partial charge is 0.318 e. The predicted octanol–water partition coefficient (Wildman–Crippen LogP) is 0.314. The second kappa shape index (κ2) is 5.86. The third-order valence-corrected chi connectivity index (χ3v) is 1.99. The molecule has 0 spiro atoms. The molecule has 0 radical (unpaired) electrons. The van der Waals surface area contributed by atoms with Crippen molar-refractivity contribution in [1.82, 2.24) is 5.32 Å². The van der Waals surface area contributed by atoms with E-state index in [1.807, 2.05) is 5.32 Å². The molecule has 4 N–H and O–H groups in total. The summed E-state index contributed by atoms with van der Waals surface area (Å²) < 4.78 is 5.18. The number of urea groups is 1. The number of nitrogens with two attached hydrogens (primary N) is 1. The number of benzene rings is 1. The number of primary amides is 1. The van der Waals surface area contributed by atoms with Crippen LogP contribution in [0, 0.1) is 0 Å². The van der Waals surface area contributed by atoms with Crippen molar-refractivity contribution in [3.05, 3.63) is 29.8 Å². The molecule has 1 rings (SSSR count). The van der Waals surface area contributed by atoms with Crippen LogP contribution in [0.4, 0.5) is 4.79 Å². The number of rotatable bonds is 4. The summed E-state index contributed by atoms with van der Waals surface area (Å²) in [5, 5.41) is 11.3. The fourth-order valence-electron chi connectivity index (χ4n) is 1.27. The zero-order chi connectivity index (χ0) is 12.8. The molecule has 0 heterocycles. The molecule has 3 amide bonds. The van der Waals surface area contributed by atoms with E-state index in [9.17, 15) is 14.7 Å². The van der Waals surface area contributed by atoms with Crippen molar-refractivity contribution in [2.24, 2.45) is 5.73 Å². The van der Waals surface area contributed by atoms with Crippen LogP contribution in [0.2, 0.25) is 0 Å². The van der Waals surface area contributed by atoms with Gasteiger partial charge in [-0.2, -0.15) is 0 Å². The van der Waals surface area contributed by atoms with Gasteiger partial charge in [0.05, 0.1) is 6.10 Å². The maximum atomic E-state index is 11.1. The second-order valence-corrected chi connectivity index (χ2v) is 3.41. The lowest BCUT2D eigenvalue weighted by molar-refractivity contribution is -0.121. The average molecular weight is 238 g/mol. The van der Waals surface area contributed by atoms with E-state index in [0.29, 0.717) is 11.3 Å². The quantitative estimate of drug-likeness (QED) is 0.702. The first-order valence-electron chi connectivity index (χ1n) is 4.99. The highest BCUT2D eigenvalue weighted by atomic mass is 16.5. The topological polar surface area (TPSA) is 102 Å². The van der Waals surface area contributed by atoms with Crippen molar-refractivity contribution in [3.8, 4) is 5.75 Å². The monoisotopic (exact) mass is 238 g/mol. The van der Waals surface area contributed by atoms with Gasteiger partial charge in [0.15, 0.2) is 6.61 Å². The van der Waals surface area contributed by atoms with E-state index in [1.54, 1.807) is 31.2 Å². The third kappa shape index (κ3) is 4.12. The Morgan fingerprint density at radius 3 is 2.71 bits per heavy atom. The first-order chi connectivity index (χ1) is 8.00. The summed E-state index contributed by atoms with van der Waals surface area (Å²) in [5.74, 6) is -0.250. The van der Waals surface area contributed by atoms with Crippen molar-refractivity contribution in [2.45, 2.75) is 13.0 Å². The molecular formula is C11H14N2O4. The maximum absolute atomic E-state index is 11.1. The van der Waals surface area contributed by atoms with Crippen LogP contribution in [-0.4, -0.2) is 23.7 Å². The maximum Gasteiger partial charge on any atom is 0.318 e. The molecule has 1 aromatic carbocycles. The van der Waals surface area contributed by atoms with E-state index in [1.165, 1.54) is 0 Å². The Morgan fingerprint density at radius 2 is 2.12 bits per heavy atom. The van der Waals surface area contributed by atoms with Crippen molar-refractivity contribution in [1.29, 1.82) is 0 Å². The van der Waals surface area contributed by atoms with Crippen LogP contribution in [0.3, 0.4) is 0 Å². The SMILES string of the molecule is C[C@@H](O)c1ccccc1OCC(=O)NC(N)=O. The lowest BCUT2D eigenvalue weighted by Crippen LogP contribution is -2.38. The molecule has 0 bridgehead atoms. The summed E-state index contributed by atoms with van der Waals surface area (Å²) in [5.41, 5.74) is 5.34. The summed E-state index contributed by atoms with van der Waals surface area (Å²) >= 11 is 0. The van der Waals surface area contributed by atoms with Gasteiger partial charge in [0, 0.05) is 5.56 Å². The fourth-order valence-corrected chi connectivity index (χ4v) is 1.27. The first-order valence-corrected chi connectivity index (χ1v) is 4.99. The number of aliphatic hydroxyl groups excluding tert-OH is 1. The Labute approximate surface area is 98.4 Å². The third-order valence-electron chi connectivity index (χ3n) is 1.99. The molecule has 0 aliphatic carbocycles. The van der Waals surface area contributed by atoms with Gasteiger partial charge < -0.3 is 15.6 Å². The van der Waals surface area contributed by atoms with Crippen molar-refractivity contribution < 1.29 is 19.4 Å². The zero-order valence-electron chi connectivity index (χ0n) is 9.34. The summed E-state index contributed by atoms with van der Waals surface area (Å²) in [6, 6.07) is 5.85. The van der Waals surface area contributed by atoms with Gasteiger partial charge in [-0.1, -0.05) is 18.2 Å². The van der Waals surface area contributed by atoms with E-state index in [0.717, 1.165) is 0 Å². The molecule has 17 heavy (non-hydrogen) atoms. The lowest BCUT2D eigenvalue weighted by atomic mass is 10.1. The zero-order valence-corrected chi connectivity index (χ0v) is 9.34. The molecule has 1 atom stereocenters. The van der Waals surface area contributed by atoms with Gasteiger partial charge in [-0.25, -0.2) is 4.79 Å². The van der Waals surface area contributed by atoms with Gasteiger partial charge >= 0.3 is 6.03 Å². The van der Waals surface area contributed by atoms with E-state index >= 15 is 0 Å². The molecule has 6 heteroatoms. The Kier molecular flexibility index (Phi) is 4.47. The summed E-state index contributed by atoms with van der Waals surface area (Å²) in [6.45, 7) is 1.25. The molecular weight excluding hydrogens is 224 g/mol. The summed E-state index contributed by atoms with van der Waals surface area (Å²) in [4.78, 5) is 21.5. The number of carbonyl (C=O) groups excluding carboxylic acids is 2. The summed E-state index contributed by atoms with van der Waals surface area (Å²) in [7, 11) is 0. The highest BCUT2D eigenvalue weighted by Crippen LogP contribution is 2.24. The normalized spacial score (nSPS) is 11.6. The fraction of sp³-hybridized carbons (Fsp3) is 0.273. The van der Waals surface area contributed by atoms with Gasteiger partial charge in [-0.15, -0.1) is 0 Å². The van der Waals surface area contributed by atoms with Crippen LogP contribution in [0.25, 0.3) is 0 Å². The molecule has 0 fully saturated rings. The number of hydrogen-bond donors (Lipinski definition) is 3. The first kappa shape index (κ1) is 13.0. The Hall–Kier alpha value is -2.08. The van der Waals surface area contributed by atoms with Crippen LogP contribution in [0.1, 0.15) is 18.6 Å². The number of nitrogens with one attached hydrogen (secondary N) is 1. The van der Waals surface area contributed by atoms with Gasteiger partial charge in [-0.3, -0.25) is 10.1 Å². The number of carbonyl (C=O) groups is 2. The molecule has 0 aliphatic rings.